The van der Waals surface area contributed by atoms with Gasteiger partial charge < -0.3 is 10.6 Å². The van der Waals surface area contributed by atoms with Crippen molar-refractivity contribution in [2.45, 2.75) is 13.1 Å². The van der Waals surface area contributed by atoms with Crippen molar-refractivity contribution in [1.82, 2.24) is 9.97 Å². The summed E-state index contributed by atoms with van der Waals surface area (Å²) < 4.78 is 38.2. The number of nitrogens with zero attached hydrogens (tertiary/aromatic N) is 2. The minimum Gasteiger partial charge on any atom is -0.339 e. The van der Waals surface area contributed by atoms with Crippen LogP contribution in [0, 0.1) is 6.92 Å². The average Bonchev–Trinajstić information content (AvgIpc) is 2.64. The zero-order valence-corrected chi connectivity index (χ0v) is 14.2. The fourth-order valence-electron chi connectivity index (χ4n) is 2.33. The van der Waals surface area contributed by atoms with Gasteiger partial charge in [-0.1, -0.05) is 24.3 Å². The van der Waals surface area contributed by atoms with E-state index in [1.54, 1.807) is 0 Å². The van der Waals surface area contributed by atoms with Crippen LogP contribution < -0.4 is 10.6 Å². The van der Waals surface area contributed by atoms with Crippen molar-refractivity contribution < 1.29 is 18.0 Å². The quantitative estimate of drug-likeness (QED) is 0.690. The van der Waals surface area contributed by atoms with Crippen LogP contribution in [0.25, 0.3) is 0 Å². The summed E-state index contributed by atoms with van der Waals surface area (Å²) in [6.07, 6.45) is -1.85. The van der Waals surface area contributed by atoms with E-state index >= 15 is 0 Å². The van der Waals surface area contributed by atoms with E-state index in [0.29, 0.717) is 5.82 Å². The van der Waals surface area contributed by atoms with Gasteiger partial charge in [-0.3, -0.25) is 4.79 Å². The van der Waals surface area contributed by atoms with Crippen molar-refractivity contribution in [3.8, 4) is 0 Å². The van der Waals surface area contributed by atoms with Crippen LogP contribution in [0.15, 0.2) is 60.9 Å². The Bertz CT molecular complexity index is 956. The number of anilines is 3. The predicted octanol–water partition coefficient (Wildman–Crippen LogP) is 4.80. The molecule has 8 heteroatoms. The molecule has 0 aliphatic carbocycles. The molecule has 1 amide bonds. The summed E-state index contributed by atoms with van der Waals surface area (Å²) >= 11 is 0. The van der Waals surface area contributed by atoms with Crippen molar-refractivity contribution >= 4 is 23.1 Å². The van der Waals surface area contributed by atoms with Crippen LogP contribution in [0.2, 0.25) is 0 Å². The molecule has 0 aliphatic heterocycles. The molecule has 5 nitrogen and oxygen atoms in total. The summed E-state index contributed by atoms with van der Waals surface area (Å²) in [4.78, 5) is 20.3. The molecule has 3 aromatic rings. The lowest BCUT2D eigenvalue weighted by molar-refractivity contribution is -0.137. The lowest BCUT2D eigenvalue weighted by Gasteiger charge is -2.10. The minimum absolute atomic E-state index is 0.0113. The molecule has 2 N–H and O–H groups in total. The predicted molar refractivity (Wildman–Crippen MR) is 95.9 cm³/mol. The van der Waals surface area contributed by atoms with Crippen LogP contribution in [0.5, 0.6) is 0 Å². The maximum Gasteiger partial charge on any atom is 0.416 e. The van der Waals surface area contributed by atoms with Gasteiger partial charge in [-0.2, -0.15) is 13.2 Å². The van der Waals surface area contributed by atoms with Gasteiger partial charge in [-0.25, -0.2) is 9.97 Å². The van der Waals surface area contributed by atoms with Gasteiger partial charge in [0.05, 0.1) is 18.0 Å². The summed E-state index contributed by atoms with van der Waals surface area (Å²) in [7, 11) is 0. The van der Waals surface area contributed by atoms with Gasteiger partial charge in [0.15, 0.2) is 0 Å². The third-order valence-corrected chi connectivity index (χ3v) is 3.74. The van der Waals surface area contributed by atoms with Crippen LogP contribution in [-0.4, -0.2) is 15.9 Å². The first-order chi connectivity index (χ1) is 12.8. The Labute approximate surface area is 153 Å². The minimum atomic E-state index is -4.48. The fourth-order valence-corrected chi connectivity index (χ4v) is 2.33. The number of carbonyl (C=O) groups is 1. The number of aromatic nitrogens is 2. The highest BCUT2D eigenvalue weighted by Gasteiger charge is 2.30. The van der Waals surface area contributed by atoms with Crippen molar-refractivity contribution in [2.75, 3.05) is 10.6 Å². The van der Waals surface area contributed by atoms with Gasteiger partial charge in [0, 0.05) is 11.4 Å². The Morgan fingerprint density at radius 1 is 1.00 bits per heavy atom. The molecule has 0 saturated heterocycles. The summed E-state index contributed by atoms with van der Waals surface area (Å²) in [6.45, 7) is 1.94. The second-order valence-electron chi connectivity index (χ2n) is 5.76. The number of carbonyl (C=O) groups excluding carboxylic acids is 1. The van der Waals surface area contributed by atoms with E-state index in [0.717, 1.165) is 23.4 Å². The lowest BCUT2D eigenvalue weighted by Crippen LogP contribution is -2.15. The molecule has 0 spiro atoms. The molecule has 0 atom stereocenters. The van der Waals surface area contributed by atoms with Gasteiger partial charge in [0.2, 0.25) is 0 Å². The molecule has 0 radical (unpaired) electrons. The Morgan fingerprint density at radius 3 is 2.44 bits per heavy atom. The van der Waals surface area contributed by atoms with Crippen molar-refractivity contribution in [2.24, 2.45) is 0 Å². The molecule has 1 aromatic heterocycles. The molecule has 0 aliphatic rings. The number of rotatable bonds is 4. The number of para-hydroxylation sites is 1. The average molecular weight is 372 g/mol. The first-order valence-corrected chi connectivity index (χ1v) is 7.96. The van der Waals surface area contributed by atoms with Gasteiger partial charge >= 0.3 is 6.18 Å². The number of benzene rings is 2. The first kappa shape index (κ1) is 18.4. The lowest BCUT2D eigenvalue weighted by atomic mass is 10.2. The van der Waals surface area contributed by atoms with Crippen molar-refractivity contribution in [3.63, 3.8) is 0 Å². The van der Waals surface area contributed by atoms with E-state index in [-0.39, 0.29) is 11.4 Å². The zero-order valence-electron chi connectivity index (χ0n) is 14.2. The maximum atomic E-state index is 12.7. The Morgan fingerprint density at radius 2 is 1.78 bits per heavy atom. The van der Waals surface area contributed by atoms with E-state index in [9.17, 15) is 18.0 Å². The van der Waals surface area contributed by atoms with Crippen LogP contribution in [0.4, 0.5) is 30.4 Å². The van der Waals surface area contributed by atoms with Crippen molar-refractivity contribution in [1.29, 1.82) is 0 Å². The summed E-state index contributed by atoms with van der Waals surface area (Å²) in [5, 5.41) is 5.47. The third kappa shape index (κ3) is 4.60. The molecule has 1 heterocycles. The highest BCUT2D eigenvalue weighted by atomic mass is 19.4. The van der Waals surface area contributed by atoms with Crippen LogP contribution in [0.1, 0.15) is 21.6 Å². The second kappa shape index (κ2) is 7.45. The molecule has 0 unspecified atom stereocenters. The fraction of sp³-hybridized carbons (Fsp3) is 0.105. The highest BCUT2D eigenvalue weighted by molar-refractivity contribution is 6.02. The number of amides is 1. The third-order valence-electron chi connectivity index (χ3n) is 3.74. The van der Waals surface area contributed by atoms with E-state index in [4.69, 9.17) is 0 Å². The van der Waals surface area contributed by atoms with Gasteiger partial charge in [-0.15, -0.1) is 0 Å². The summed E-state index contributed by atoms with van der Waals surface area (Å²) in [5.74, 6) is -0.204. The van der Waals surface area contributed by atoms with E-state index in [1.807, 2.05) is 31.2 Å². The Hall–Kier alpha value is -3.42. The molecular weight excluding hydrogens is 357 g/mol. The molecule has 2 aromatic carbocycles. The highest BCUT2D eigenvalue weighted by Crippen LogP contribution is 2.30. The largest absolute Gasteiger partial charge is 0.416 e. The molecule has 0 saturated carbocycles. The zero-order chi connectivity index (χ0) is 19.4. The van der Waals surface area contributed by atoms with Crippen LogP contribution in [-0.2, 0) is 6.18 Å². The second-order valence-corrected chi connectivity index (χ2v) is 5.76. The molecule has 0 fully saturated rings. The number of aryl methyl sites for hydroxylation is 1. The number of alkyl halides is 3. The summed E-state index contributed by atoms with van der Waals surface area (Å²) in [6, 6.07) is 12.0. The Kier molecular flexibility index (Phi) is 5.07. The van der Waals surface area contributed by atoms with E-state index in [2.05, 4.69) is 20.6 Å². The monoisotopic (exact) mass is 372 g/mol. The smallest absolute Gasteiger partial charge is 0.339 e. The normalized spacial score (nSPS) is 11.1. The van der Waals surface area contributed by atoms with Crippen molar-refractivity contribution in [3.05, 3.63) is 77.7 Å². The van der Waals surface area contributed by atoms with E-state index < -0.39 is 17.6 Å². The molecule has 3 rings (SSSR count). The number of hydrogen-bond donors (Lipinski definition) is 2. The molecule has 0 bridgehead atoms. The topological polar surface area (TPSA) is 66.9 Å². The van der Waals surface area contributed by atoms with Gasteiger partial charge in [0.25, 0.3) is 5.91 Å². The first-order valence-electron chi connectivity index (χ1n) is 7.96. The Balaban J connectivity index is 1.70. The van der Waals surface area contributed by atoms with Gasteiger partial charge in [0.1, 0.15) is 11.5 Å². The van der Waals surface area contributed by atoms with Crippen LogP contribution >= 0.6 is 0 Å². The number of hydrogen-bond acceptors (Lipinski definition) is 4. The SMILES string of the molecule is Cc1ccccc1Nc1cnc(C(=O)Nc2cccc(C(F)(F)F)c2)cn1. The molecule has 27 heavy (non-hydrogen) atoms. The summed E-state index contributed by atoms with van der Waals surface area (Å²) in [5.41, 5.74) is 1.05. The standard InChI is InChI=1S/C19H15F3N4O/c1-12-5-2-3-8-15(12)26-17-11-23-16(10-24-17)18(27)25-14-7-4-6-13(9-14)19(20,21)22/h2-11H,1H3,(H,24,26)(H,25,27). The maximum absolute atomic E-state index is 12.7. The number of halogens is 3. The van der Waals surface area contributed by atoms with Crippen LogP contribution in [0.3, 0.4) is 0 Å². The molecule has 138 valence electrons. The van der Waals surface area contributed by atoms with Gasteiger partial charge in [-0.05, 0) is 36.8 Å². The number of nitrogens with one attached hydrogen (secondary N) is 2. The van der Waals surface area contributed by atoms with E-state index in [1.165, 1.54) is 24.5 Å². The molecular formula is C19H15F3N4O.